The zero-order chi connectivity index (χ0) is 13.3. The van der Waals surface area contributed by atoms with Gasteiger partial charge in [0.1, 0.15) is 23.5 Å². The van der Waals surface area contributed by atoms with Crippen molar-refractivity contribution in [3.8, 4) is 0 Å². The van der Waals surface area contributed by atoms with Crippen molar-refractivity contribution in [3.05, 3.63) is 11.9 Å². The molecule has 0 bridgehead atoms. The zero-order valence-electron chi connectivity index (χ0n) is 11.0. The Hall–Kier alpha value is -1.85. The standard InChI is InChI=1S/C12H19N5O/c1-7(2)11-15-9(13)6-10(16-11)14-8-4-5-17(3)12(8)18/h6-8H,4-5H2,1-3H3,(H3,13,14,15,16). The Balaban J connectivity index is 2.17. The minimum atomic E-state index is -0.204. The molecular weight excluding hydrogens is 230 g/mol. The first kappa shape index (κ1) is 12.6. The average Bonchev–Trinajstić information content (AvgIpc) is 2.60. The van der Waals surface area contributed by atoms with Gasteiger partial charge >= 0.3 is 0 Å². The van der Waals surface area contributed by atoms with Gasteiger partial charge in [-0.3, -0.25) is 4.79 Å². The molecule has 1 aliphatic rings. The first-order valence-corrected chi connectivity index (χ1v) is 6.13. The van der Waals surface area contributed by atoms with E-state index in [0.717, 1.165) is 13.0 Å². The lowest BCUT2D eigenvalue weighted by molar-refractivity contribution is -0.127. The van der Waals surface area contributed by atoms with E-state index in [1.54, 1.807) is 18.0 Å². The normalized spacial score (nSPS) is 19.7. The van der Waals surface area contributed by atoms with E-state index in [1.165, 1.54) is 0 Å². The van der Waals surface area contributed by atoms with E-state index < -0.39 is 0 Å². The van der Waals surface area contributed by atoms with Crippen molar-refractivity contribution in [1.29, 1.82) is 0 Å². The monoisotopic (exact) mass is 249 g/mol. The fraction of sp³-hybridized carbons (Fsp3) is 0.583. The maximum atomic E-state index is 11.8. The van der Waals surface area contributed by atoms with Gasteiger partial charge in [-0.15, -0.1) is 0 Å². The quantitative estimate of drug-likeness (QED) is 0.828. The number of likely N-dealkylation sites (N-methyl/N-ethyl adjacent to an activating group) is 1. The number of aromatic nitrogens is 2. The molecule has 1 aliphatic heterocycles. The van der Waals surface area contributed by atoms with E-state index in [9.17, 15) is 4.79 Å². The van der Waals surface area contributed by atoms with Crippen molar-refractivity contribution in [2.24, 2.45) is 0 Å². The molecule has 3 N–H and O–H groups in total. The van der Waals surface area contributed by atoms with Gasteiger partial charge in [-0.05, 0) is 6.42 Å². The van der Waals surface area contributed by atoms with E-state index in [2.05, 4.69) is 15.3 Å². The number of hydrogen-bond acceptors (Lipinski definition) is 5. The molecule has 1 aromatic rings. The molecule has 1 fully saturated rings. The minimum absolute atomic E-state index is 0.0956. The largest absolute Gasteiger partial charge is 0.384 e. The topological polar surface area (TPSA) is 84.1 Å². The number of anilines is 2. The van der Waals surface area contributed by atoms with E-state index in [1.807, 2.05) is 13.8 Å². The third-order valence-electron chi connectivity index (χ3n) is 3.03. The summed E-state index contributed by atoms with van der Waals surface area (Å²) in [6, 6.07) is 1.46. The first-order chi connectivity index (χ1) is 8.47. The molecule has 0 aromatic carbocycles. The molecular formula is C12H19N5O. The molecule has 2 heterocycles. The van der Waals surface area contributed by atoms with E-state index >= 15 is 0 Å². The van der Waals surface area contributed by atoms with Crippen LogP contribution in [0.15, 0.2) is 6.07 Å². The van der Waals surface area contributed by atoms with E-state index in [-0.39, 0.29) is 17.9 Å². The van der Waals surface area contributed by atoms with Gasteiger partial charge in [-0.1, -0.05) is 13.8 Å². The lowest BCUT2D eigenvalue weighted by Crippen LogP contribution is -2.31. The molecule has 1 atom stereocenters. The fourth-order valence-corrected chi connectivity index (χ4v) is 1.95. The molecule has 1 unspecified atom stereocenters. The fourth-order valence-electron chi connectivity index (χ4n) is 1.95. The van der Waals surface area contributed by atoms with Crippen LogP contribution in [0.1, 0.15) is 32.0 Å². The molecule has 6 nitrogen and oxygen atoms in total. The second-order valence-corrected chi connectivity index (χ2v) is 4.94. The number of rotatable bonds is 3. The highest BCUT2D eigenvalue weighted by molar-refractivity contribution is 5.86. The van der Waals surface area contributed by atoms with Crippen molar-refractivity contribution in [3.63, 3.8) is 0 Å². The molecule has 0 saturated carbocycles. The zero-order valence-corrected chi connectivity index (χ0v) is 11.0. The third-order valence-corrected chi connectivity index (χ3v) is 3.03. The summed E-state index contributed by atoms with van der Waals surface area (Å²) in [6.07, 6.45) is 0.788. The molecule has 6 heteroatoms. The molecule has 1 amide bonds. The van der Waals surface area contributed by atoms with E-state index in [0.29, 0.717) is 17.5 Å². The van der Waals surface area contributed by atoms with Crippen LogP contribution in [0.5, 0.6) is 0 Å². The van der Waals surface area contributed by atoms with Crippen LogP contribution in [0.2, 0.25) is 0 Å². The van der Waals surface area contributed by atoms with Gasteiger partial charge < -0.3 is 16.0 Å². The Morgan fingerprint density at radius 1 is 1.50 bits per heavy atom. The van der Waals surface area contributed by atoms with Crippen molar-refractivity contribution in [2.75, 3.05) is 24.6 Å². The predicted molar refractivity (Wildman–Crippen MR) is 70.2 cm³/mol. The summed E-state index contributed by atoms with van der Waals surface area (Å²) in [7, 11) is 1.80. The Morgan fingerprint density at radius 3 is 2.78 bits per heavy atom. The summed E-state index contributed by atoms with van der Waals surface area (Å²) in [6.45, 7) is 4.79. The van der Waals surface area contributed by atoms with Gasteiger partial charge in [0.05, 0.1) is 0 Å². The first-order valence-electron chi connectivity index (χ1n) is 6.13. The van der Waals surface area contributed by atoms with Crippen LogP contribution in [0.3, 0.4) is 0 Å². The van der Waals surface area contributed by atoms with Crippen molar-refractivity contribution < 1.29 is 4.79 Å². The number of likely N-dealkylation sites (tertiary alicyclic amines) is 1. The number of hydrogen-bond donors (Lipinski definition) is 2. The molecule has 0 spiro atoms. The number of carbonyl (C=O) groups excluding carboxylic acids is 1. The van der Waals surface area contributed by atoms with E-state index in [4.69, 9.17) is 5.73 Å². The Kier molecular flexibility index (Phi) is 3.36. The van der Waals surface area contributed by atoms with Crippen LogP contribution in [0, 0.1) is 0 Å². The highest BCUT2D eigenvalue weighted by Crippen LogP contribution is 2.18. The number of nitrogen functional groups attached to an aromatic ring is 1. The third kappa shape index (κ3) is 2.52. The second kappa shape index (κ2) is 4.80. The van der Waals surface area contributed by atoms with Crippen LogP contribution < -0.4 is 11.1 Å². The van der Waals surface area contributed by atoms with Gasteiger partial charge in [0.15, 0.2) is 0 Å². The Bertz CT molecular complexity index is 460. The highest BCUT2D eigenvalue weighted by atomic mass is 16.2. The Morgan fingerprint density at radius 2 is 2.22 bits per heavy atom. The van der Waals surface area contributed by atoms with Crippen LogP contribution in [0.25, 0.3) is 0 Å². The molecule has 18 heavy (non-hydrogen) atoms. The van der Waals surface area contributed by atoms with Crippen LogP contribution in [0.4, 0.5) is 11.6 Å². The van der Waals surface area contributed by atoms with Crippen molar-refractivity contribution >= 4 is 17.5 Å². The second-order valence-electron chi connectivity index (χ2n) is 4.94. The number of nitrogens with zero attached hydrogens (tertiary/aromatic N) is 3. The van der Waals surface area contributed by atoms with Gasteiger partial charge in [0.2, 0.25) is 5.91 Å². The minimum Gasteiger partial charge on any atom is -0.384 e. The summed E-state index contributed by atoms with van der Waals surface area (Å²) in [4.78, 5) is 22.1. The maximum absolute atomic E-state index is 11.8. The SMILES string of the molecule is CC(C)c1nc(N)cc(NC2CCN(C)C2=O)n1. The number of carbonyl (C=O) groups is 1. The molecule has 1 saturated heterocycles. The summed E-state index contributed by atoms with van der Waals surface area (Å²) >= 11 is 0. The van der Waals surface area contributed by atoms with Crippen molar-refractivity contribution in [2.45, 2.75) is 32.2 Å². The van der Waals surface area contributed by atoms with Crippen molar-refractivity contribution in [1.82, 2.24) is 14.9 Å². The molecule has 0 aliphatic carbocycles. The number of nitrogens with one attached hydrogen (secondary N) is 1. The smallest absolute Gasteiger partial charge is 0.244 e. The maximum Gasteiger partial charge on any atom is 0.244 e. The van der Waals surface area contributed by atoms with Crippen LogP contribution >= 0.6 is 0 Å². The summed E-state index contributed by atoms with van der Waals surface area (Å²) in [5.41, 5.74) is 5.75. The molecule has 98 valence electrons. The number of amides is 1. The molecule has 2 rings (SSSR count). The molecule has 1 aromatic heterocycles. The predicted octanol–water partition coefficient (Wildman–Crippen LogP) is 0.825. The van der Waals surface area contributed by atoms with Gasteiger partial charge in [0, 0.05) is 25.6 Å². The number of nitrogens with two attached hydrogens (primary N) is 1. The van der Waals surface area contributed by atoms with Gasteiger partial charge in [-0.2, -0.15) is 0 Å². The van der Waals surface area contributed by atoms with Crippen LogP contribution in [-0.4, -0.2) is 40.4 Å². The van der Waals surface area contributed by atoms with Gasteiger partial charge in [0.25, 0.3) is 0 Å². The lowest BCUT2D eigenvalue weighted by Gasteiger charge is -2.14. The highest BCUT2D eigenvalue weighted by Gasteiger charge is 2.29. The average molecular weight is 249 g/mol. The summed E-state index contributed by atoms with van der Waals surface area (Å²) in [5, 5.41) is 3.13. The Labute approximate surface area is 107 Å². The molecule has 0 radical (unpaired) electrons. The van der Waals surface area contributed by atoms with Crippen LogP contribution in [-0.2, 0) is 4.79 Å². The summed E-state index contributed by atoms with van der Waals surface area (Å²) in [5.74, 6) is 2.04. The summed E-state index contributed by atoms with van der Waals surface area (Å²) < 4.78 is 0. The van der Waals surface area contributed by atoms with Gasteiger partial charge in [-0.25, -0.2) is 9.97 Å². The lowest BCUT2D eigenvalue weighted by atomic mass is 10.2.